The van der Waals surface area contributed by atoms with Gasteiger partial charge >= 0.3 is 0 Å². The Morgan fingerprint density at radius 3 is 2.36 bits per heavy atom. The van der Waals surface area contributed by atoms with Gasteiger partial charge in [-0.05, 0) is 53.3 Å². The minimum absolute atomic E-state index is 0.368. The van der Waals surface area contributed by atoms with Gasteiger partial charge in [-0.25, -0.2) is 0 Å². The highest BCUT2D eigenvalue weighted by molar-refractivity contribution is 14.1. The van der Waals surface area contributed by atoms with Gasteiger partial charge in [0.2, 0.25) is 0 Å². The molecule has 0 aromatic heterocycles. The van der Waals surface area contributed by atoms with Crippen LogP contribution in [0.15, 0.2) is 24.3 Å². The van der Waals surface area contributed by atoms with Crippen molar-refractivity contribution in [2.75, 3.05) is 24.7 Å². The normalized spacial score (nSPS) is 23.1. The minimum Gasteiger partial charge on any atom is -0.376 e. The van der Waals surface area contributed by atoms with Crippen molar-refractivity contribution in [2.45, 2.75) is 12.0 Å². The smallest absolute Gasteiger partial charge is 0.0884 e. The molecular weight excluding hydrogens is 289 g/mol. The summed E-state index contributed by atoms with van der Waals surface area (Å²) in [6.45, 7) is 3.02. The van der Waals surface area contributed by atoms with Gasteiger partial charge < -0.3 is 9.64 Å². The Kier molecular flexibility index (Phi) is 1.99. The van der Waals surface area contributed by atoms with Crippen LogP contribution in [0.1, 0.15) is 6.42 Å². The number of hydrogen-bond donors (Lipinski definition) is 0. The van der Waals surface area contributed by atoms with Crippen LogP contribution in [-0.2, 0) is 4.74 Å². The second kappa shape index (κ2) is 3.10. The fourth-order valence-corrected chi connectivity index (χ4v) is 2.56. The number of nitrogens with zero attached hydrogens (tertiary/aromatic N) is 1. The van der Waals surface area contributed by atoms with Gasteiger partial charge in [0, 0.05) is 15.8 Å². The Labute approximate surface area is 97.4 Å². The molecule has 2 nitrogen and oxygen atoms in total. The summed E-state index contributed by atoms with van der Waals surface area (Å²) in [6, 6.07) is 8.75. The third-order valence-electron chi connectivity index (χ3n) is 3.25. The van der Waals surface area contributed by atoms with Gasteiger partial charge in [0.15, 0.2) is 0 Å². The van der Waals surface area contributed by atoms with Crippen LogP contribution in [0.4, 0.5) is 5.69 Å². The molecule has 1 aromatic carbocycles. The van der Waals surface area contributed by atoms with Crippen LogP contribution in [0, 0.1) is 3.57 Å². The highest BCUT2D eigenvalue weighted by Gasteiger charge is 2.50. The summed E-state index contributed by atoms with van der Waals surface area (Å²) in [5.74, 6) is 0. The molecule has 0 unspecified atom stereocenters. The Morgan fingerprint density at radius 2 is 1.93 bits per heavy atom. The first-order chi connectivity index (χ1) is 6.80. The largest absolute Gasteiger partial charge is 0.376 e. The van der Waals surface area contributed by atoms with Gasteiger partial charge in [-0.2, -0.15) is 0 Å². The summed E-state index contributed by atoms with van der Waals surface area (Å²) < 4.78 is 6.61. The summed E-state index contributed by atoms with van der Waals surface area (Å²) in [6.07, 6.45) is 1.29. The lowest BCUT2D eigenvalue weighted by molar-refractivity contribution is -0.0847. The highest BCUT2D eigenvalue weighted by atomic mass is 127. The second-order valence-corrected chi connectivity index (χ2v) is 5.34. The third-order valence-corrected chi connectivity index (χ3v) is 3.97. The van der Waals surface area contributed by atoms with Crippen molar-refractivity contribution in [3.8, 4) is 0 Å². The molecule has 0 atom stereocenters. The minimum atomic E-state index is 0.368. The molecule has 2 aliphatic rings. The average molecular weight is 301 g/mol. The molecule has 14 heavy (non-hydrogen) atoms. The summed E-state index contributed by atoms with van der Waals surface area (Å²) in [7, 11) is 0. The molecule has 2 saturated heterocycles. The first-order valence-electron chi connectivity index (χ1n) is 4.91. The molecule has 2 aliphatic heterocycles. The molecule has 0 amide bonds. The van der Waals surface area contributed by atoms with Gasteiger partial charge in [-0.15, -0.1) is 0 Å². The van der Waals surface area contributed by atoms with Crippen LogP contribution in [0.2, 0.25) is 0 Å². The number of ether oxygens (including phenoxy) is 1. The zero-order valence-corrected chi connectivity index (χ0v) is 10.0. The zero-order chi connectivity index (χ0) is 9.60. The van der Waals surface area contributed by atoms with Crippen LogP contribution < -0.4 is 4.90 Å². The summed E-state index contributed by atoms with van der Waals surface area (Å²) in [4.78, 5) is 2.48. The quantitative estimate of drug-likeness (QED) is 0.738. The molecule has 1 spiro atoms. The van der Waals surface area contributed by atoms with E-state index in [-0.39, 0.29) is 0 Å². The molecule has 0 bridgehead atoms. The van der Waals surface area contributed by atoms with Crippen molar-refractivity contribution in [1.82, 2.24) is 0 Å². The molecule has 3 heteroatoms. The van der Waals surface area contributed by atoms with Crippen LogP contribution in [-0.4, -0.2) is 25.3 Å². The summed E-state index contributed by atoms with van der Waals surface area (Å²) in [5, 5.41) is 0. The van der Waals surface area contributed by atoms with Crippen molar-refractivity contribution < 1.29 is 4.74 Å². The maximum Gasteiger partial charge on any atom is 0.0884 e. The van der Waals surface area contributed by atoms with E-state index in [2.05, 4.69) is 51.8 Å². The molecule has 0 radical (unpaired) electrons. The van der Waals surface area contributed by atoms with Gasteiger partial charge in [0.25, 0.3) is 0 Å². The first kappa shape index (κ1) is 8.97. The van der Waals surface area contributed by atoms with E-state index in [1.807, 2.05) is 0 Å². The van der Waals surface area contributed by atoms with Crippen LogP contribution >= 0.6 is 22.6 Å². The third kappa shape index (κ3) is 1.18. The highest BCUT2D eigenvalue weighted by Crippen LogP contribution is 2.40. The maximum atomic E-state index is 5.31. The number of anilines is 1. The lowest BCUT2D eigenvalue weighted by atomic mass is 9.82. The Bertz CT molecular complexity index is 339. The van der Waals surface area contributed by atoms with Crippen LogP contribution in [0.3, 0.4) is 0 Å². The molecule has 0 N–H and O–H groups in total. The van der Waals surface area contributed by atoms with E-state index in [9.17, 15) is 0 Å². The number of hydrogen-bond acceptors (Lipinski definition) is 2. The fraction of sp³-hybridized carbons (Fsp3) is 0.455. The summed E-state index contributed by atoms with van der Waals surface area (Å²) in [5.41, 5.74) is 1.72. The van der Waals surface area contributed by atoms with E-state index < -0.39 is 0 Å². The monoisotopic (exact) mass is 301 g/mol. The summed E-state index contributed by atoms with van der Waals surface area (Å²) >= 11 is 2.34. The standard InChI is InChI=1S/C11H12INO/c12-9-1-3-10(4-2-9)13-6-5-11(13)7-14-8-11/h1-4H,5-8H2. The van der Waals surface area contributed by atoms with Gasteiger partial charge in [0.05, 0.1) is 18.8 Å². The van der Waals surface area contributed by atoms with Crippen molar-refractivity contribution in [1.29, 1.82) is 0 Å². The van der Waals surface area contributed by atoms with Crippen molar-refractivity contribution >= 4 is 28.3 Å². The maximum absolute atomic E-state index is 5.31. The Hall–Kier alpha value is -0.290. The number of halogens is 1. The topological polar surface area (TPSA) is 12.5 Å². The lowest BCUT2D eigenvalue weighted by Crippen LogP contribution is -2.71. The molecule has 2 heterocycles. The first-order valence-corrected chi connectivity index (χ1v) is 5.99. The van der Waals surface area contributed by atoms with E-state index >= 15 is 0 Å². The average Bonchev–Trinajstić information content (AvgIpc) is 2.04. The molecule has 3 rings (SSSR count). The van der Waals surface area contributed by atoms with Crippen molar-refractivity contribution in [2.24, 2.45) is 0 Å². The van der Waals surface area contributed by atoms with E-state index in [0.717, 1.165) is 13.2 Å². The number of rotatable bonds is 1. The molecular formula is C11H12INO. The number of benzene rings is 1. The van der Waals surface area contributed by atoms with Crippen molar-refractivity contribution in [3.05, 3.63) is 27.8 Å². The Morgan fingerprint density at radius 1 is 1.21 bits per heavy atom. The SMILES string of the molecule is Ic1ccc(N2CCC23COC3)cc1. The van der Waals surface area contributed by atoms with Crippen molar-refractivity contribution in [3.63, 3.8) is 0 Å². The fourth-order valence-electron chi connectivity index (χ4n) is 2.20. The molecule has 74 valence electrons. The molecule has 0 aliphatic carbocycles. The van der Waals surface area contributed by atoms with E-state index in [0.29, 0.717) is 5.54 Å². The van der Waals surface area contributed by atoms with Crippen LogP contribution in [0.25, 0.3) is 0 Å². The predicted octanol–water partition coefficient (Wildman–Crippen LogP) is 2.27. The zero-order valence-electron chi connectivity index (χ0n) is 7.87. The van der Waals surface area contributed by atoms with Gasteiger partial charge in [0.1, 0.15) is 0 Å². The molecule has 1 aromatic rings. The van der Waals surface area contributed by atoms with Gasteiger partial charge in [-0.3, -0.25) is 0 Å². The second-order valence-electron chi connectivity index (χ2n) is 4.10. The van der Waals surface area contributed by atoms with Gasteiger partial charge in [-0.1, -0.05) is 0 Å². The molecule has 2 fully saturated rings. The predicted molar refractivity (Wildman–Crippen MR) is 64.7 cm³/mol. The van der Waals surface area contributed by atoms with Crippen LogP contribution in [0.5, 0.6) is 0 Å². The molecule has 0 saturated carbocycles. The lowest BCUT2D eigenvalue weighted by Gasteiger charge is -2.58. The van der Waals surface area contributed by atoms with E-state index in [1.54, 1.807) is 0 Å². The Balaban J connectivity index is 1.85. The van der Waals surface area contributed by atoms with E-state index in [4.69, 9.17) is 4.74 Å². The van der Waals surface area contributed by atoms with E-state index in [1.165, 1.54) is 22.2 Å².